The van der Waals surface area contributed by atoms with Crippen LogP contribution in [0.25, 0.3) is 11.0 Å². The van der Waals surface area contributed by atoms with Gasteiger partial charge in [0.05, 0.1) is 17.6 Å². The zero-order valence-electron chi connectivity index (χ0n) is 12.9. The molecule has 1 heterocycles. The SMILES string of the molecule is CC(C)(C)OC(=O)NCc1nc2ccccc2n1CC(N)=O. The standard InChI is InChI=1S/C15H20N4O3/c1-15(2,3)22-14(21)17-8-13-18-10-6-4-5-7-11(10)19(13)9-12(16)20/h4-7H,8-9H2,1-3H3,(H2,16,20)(H,17,21). The van der Waals surface area contributed by atoms with Gasteiger partial charge in [0.15, 0.2) is 0 Å². The third-order valence-electron chi connectivity index (χ3n) is 2.84. The number of para-hydroxylation sites is 2. The number of hydrogen-bond acceptors (Lipinski definition) is 4. The van der Waals surface area contributed by atoms with Gasteiger partial charge in [0, 0.05) is 0 Å². The number of alkyl carbamates (subject to hydrolysis) is 1. The number of ether oxygens (including phenoxy) is 1. The molecule has 0 aliphatic heterocycles. The Morgan fingerprint density at radius 3 is 2.64 bits per heavy atom. The van der Waals surface area contributed by atoms with E-state index in [-0.39, 0.29) is 13.1 Å². The number of carbonyl (C=O) groups excluding carboxylic acids is 2. The number of amides is 2. The predicted octanol–water partition coefficient (Wildman–Crippen LogP) is 1.55. The summed E-state index contributed by atoms with van der Waals surface area (Å²) < 4.78 is 6.87. The predicted molar refractivity (Wildman–Crippen MR) is 82.0 cm³/mol. The van der Waals surface area contributed by atoms with Gasteiger partial charge in [-0.15, -0.1) is 0 Å². The molecule has 22 heavy (non-hydrogen) atoms. The van der Waals surface area contributed by atoms with Gasteiger partial charge in [0.2, 0.25) is 5.91 Å². The van der Waals surface area contributed by atoms with Crippen LogP contribution in [-0.2, 0) is 22.6 Å². The van der Waals surface area contributed by atoms with Crippen molar-refractivity contribution in [3.63, 3.8) is 0 Å². The molecule has 2 rings (SSSR count). The van der Waals surface area contributed by atoms with Crippen LogP contribution in [0.1, 0.15) is 26.6 Å². The zero-order chi connectivity index (χ0) is 16.3. The fourth-order valence-electron chi connectivity index (χ4n) is 2.06. The highest BCUT2D eigenvalue weighted by Crippen LogP contribution is 2.16. The van der Waals surface area contributed by atoms with Crippen molar-refractivity contribution in [1.82, 2.24) is 14.9 Å². The molecule has 7 heteroatoms. The normalized spacial score (nSPS) is 11.4. The molecular formula is C15H20N4O3. The van der Waals surface area contributed by atoms with Gasteiger partial charge in [0.25, 0.3) is 0 Å². The van der Waals surface area contributed by atoms with Crippen LogP contribution in [0.2, 0.25) is 0 Å². The Bertz CT molecular complexity index is 700. The largest absolute Gasteiger partial charge is 0.444 e. The number of nitrogens with two attached hydrogens (primary N) is 1. The fraction of sp³-hybridized carbons (Fsp3) is 0.400. The third-order valence-corrected chi connectivity index (χ3v) is 2.84. The summed E-state index contributed by atoms with van der Waals surface area (Å²) >= 11 is 0. The fourth-order valence-corrected chi connectivity index (χ4v) is 2.06. The van der Waals surface area contributed by atoms with Gasteiger partial charge in [-0.3, -0.25) is 4.79 Å². The second kappa shape index (κ2) is 6.05. The highest BCUT2D eigenvalue weighted by molar-refractivity contribution is 5.80. The van der Waals surface area contributed by atoms with Crippen molar-refractivity contribution in [3.05, 3.63) is 30.1 Å². The van der Waals surface area contributed by atoms with Crippen molar-refractivity contribution in [2.24, 2.45) is 5.73 Å². The molecule has 0 spiro atoms. The van der Waals surface area contributed by atoms with Gasteiger partial charge in [-0.2, -0.15) is 0 Å². The Morgan fingerprint density at radius 2 is 2.00 bits per heavy atom. The molecular weight excluding hydrogens is 284 g/mol. The van der Waals surface area contributed by atoms with Crippen LogP contribution in [0.4, 0.5) is 4.79 Å². The molecule has 3 N–H and O–H groups in total. The molecule has 1 aromatic heterocycles. The molecule has 7 nitrogen and oxygen atoms in total. The third kappa shape index (κ3) is 3.97. The van der Waals surface area contributed by atoms with Crippen molar-refractivity contribution < 1.29 is 14.3 Å². The van der Waals surface area contributed by atoms with Gasteiger partial charge in [-0.1, -0.05) is 12.1 Å². The van der Waals surface area contributed by atoms with Gasteiger partial charge in [0.1, 0.15) is 18.0 Å². The number of carbonyl (C=O) groups is 2. The smallest absolute Gasteiger partial charge is 0.408 e. The van der Waals surface area contributed by atoms with Crippen molar-refractivity contribution in [3.8, 4) is 0 Å². The molecule has 0 unspecified atom stereocenters. The Morgan fingerprint density at radius 1 is 1.32 bits per heavy atom. The van der Waals surface area contributed by atoms with E-state index in [1.165, 1.54) is 0 Å². The maximum absolute atomic E-state index is 11.7. The van der Waals surface area contributed by atoms with Crippen molar-refractivity contribution in [2.75, 3.05) is 0 Å². The summed E-state index contributed by atoms with van der Waals surface area (Å²) in [5, 5.41) is 2.63. The van der Waals surface area contributed by atoms with Gasteiger partial charge < -0.3 is 20.4 Å². The lowest BCUT2D eigenvalue weighted by Crippen LogP contribution is -2.33. The second-order valence-corrected chi connectivity index (χ2v) is 5.92. The first-order valence-electron chi connectivity index (χ1n) is 6.95. The molecule has 1 aromatic carbocycles. The molecule has 0 aliphatic rings. The van der Waals surface area contributed by atoms with Crippen LogP contribution in [0, 0.1) is 0 Å². The van der Waals surface area contributed by atoms with E-state index in [0.29, 0.717) is 5.82 Å². The molecule has 118 valence electrons. The molecule has 0 radical (unpaired) electrons. The number of primary amides is 1. The lowest BCUT2D eigenvalue weighted by atomic mass is 10.2. The lowest BCUT2D eigenvalue weighted by Gasteiger charge is -2.19. The summed E-state index contributed by atoms with van der Waals surface area (Å²) in [5.74, 6) is 0.0764. The minimum Gasteiger partial charge on any atom is -0.444 e. The van der Waals surface area contributed by atoms with Crippen LogP contribution in [-0.4, -0.2) is 27.2 Å². The number of rotatable bonds is 4. The summed E-state index contributed by atoms with van der Waals surface area (Å²) in [5.41, 5.74) is 6.25. The van der Waals surface area contributed by atoms with E-state index in [9.17, 15) is 9.59 Å². The summed E-state index contributed by atoms with van der Waals surface area (Å²) in [7, 11) is 0. The first-order chi connectivity index (χ1) is 10.3. The maximum atomic E-state index is 11.7. The quantitative estimate of drug-likeness (QED) is 0.895. The van der Waals surface area contributed by atoms with Gasteiger partial charge >= 0.3 is 6.09 Å². The topological polar surface area (TPSA) is 99.2 Å². The number of hydrogen-bond donors (Lipinski definition) is 2. The number of aromatic nitrogens is 2. The van der Waals surface area contributed by atoms with Crippen LogP contribution >= 0.6 is 0 Å². The minimum atomic E-state index is -0.572. The van der Waals surface area contributed by atoms with Crippen LogP contribution in [0.3, 0.4) is 0 Å². The lowest BCUT2D eigenvalue weighted by molar-refractivity contribution is -0.118. The van der Waals surface area contributed by atoms with E-state index in [1.54, 1.807) is 25.3 Å². The van der Waals surface area contributed by atoms with E-state index in [2.05, 4.69) is 10.3 Å². The average Bonchev–Trinajstić information content (AvgIpc) is 2.72. The summed E-state index contributed by atoms with van der Waals surface area (Å²) in [6.45, 7) is 5.52. The van der Waals surface area contributed by atoms with E-state index in [1.807, 2.05) is 24.3 Å². The Hall–Kier alpha value is -2.57. The van der Waals surface area contributed by atoms with Crippen molar-refractivity contribution in [1.29, 1.82) is 0 Å². The van der Waals surface area contributed by atoms with E-state index >= 15 is 0 Å². The van der Waals surface area contributed by atoms with Crippen LogP contribution in [0.15, 0.2) is 24.3 Å². The first kappa shape index (κ1) is 15.8. The molecule has 2 amide bonds. The number of nitrogens with zero attached hydrogens (tertiary/aromatic N) is 2. The molecule has 0 fully saturated rings. The number of imidazole rings is 1. The Balaban J connectivity index is 2.19. The average molecular weight is 304 g/mol. The van der Waals surface area contributed by atoms with Gasteiger partial charge in [-0.05, 0) is 32.9 Å². The van der Waals surface area contributed by atoms with Crippen molar-refractivity contribution >= 4 is 23.0 Å². The Labute approximate surface area is 128 Å². The summed E-state index contributed by atoms with van der Waals surface area (Å²) in [6, 6.07) is 7.40. The molecule has 0 bridgehead atoms. The van der Waals surface area contributed by atoms with E-state index < -0.39 is 17.6 Å². The molecule has 0 atom stereocenters. The van der Waals surface area contributed by atoms with E-state index in [4.69, 9.17) is 10.5 Å². The first-order valence-corrected chi connectivity index (χ1v) is 6.95. The number of benzene rings is 1. The Kier molecular flexibility index (Phi) is 4.35. The van der Waals surface area contributed by atoms with Gasteiger partial charge in [-0.25, -0.2) is 9.78 Å². The van der Waals surface area contributed by atoms with Crippen LogP contribution in [0.5, 0.6) is 0 Å². The monoisotopic (exact) mass is 304 g/mol. The highest BCUT2D eigenvalue weighted by atomic mass is 16.6. The van der Waals surface area contributed by atoms with E-state index in [0.717, 1.165) is 11.0 Å². The molecule has 2 aromatic rings. The molecule has 0 saturated carbocycles. The van der Waals surface area contributed by atoms with Crippen LogP contribution < -0.4 is 11.1 Å². The second-order valence-electron chi connectivity index (χ2n) is 5.92. The number of fused-ring (bicyclic) bond motifs is 1. The number of nitrogens with one attached hydrogen (secondary N) is 1. The highest BCUT2D eigenvalue weighted by Gasteiger charge is 2.17. The maximum Gasteiger partial charge on any atom is 0.408 e. The zero-order valence-corrected chi connectivity index (χ0v) is 12.9. The molecule has 0 saturated heterocycles. The van der Waals surface area contributed by atoms with Crippen molar-refractivity contribution in [2.45, 2.75) is 39.5 Å². The minimum absolute atomic E-state index is 0.00580. The summed E-state index contributed by atoms with van der Waals surface area (Å²) in [4.78, 5) is 27.4. The summed E-state index contributed by atoms with van der Waals surface area (Å²) in [6.07, 6.45) is -0.537. The molecule has 0 aliphatic carbocycles.